The number of anilines is 2. The first-order chi connectivity index (χ1) is 14.4. The highest BCUT2D eigenvalue weighted by molar-refractivity contribution is 6.43. The van der Waals surface area contributed by atoms with Gasteiger partial charge in [-0.05, 0) is 24.3 Å². The summed E-state index contributed by atoms with van der Waals surface area (Å²) in [4.78, 5) is 36.4. The molecular formula is C20H19Cl2N5O3. The summed E-state index contributed by atoms with van der Waals surface area (Å²) in [5, 5.41) is 10.5. The number of nitrogens with zero attached hydrogens (tertiary/aromatic N) is 3. The van der Waals surface area contributed by atoms with E-state index in [-0.39, 0.29) is 11.9 Å². The number of carbonyl (C=O) groups is 2. The lowest BCUT2D eigenvalue weighted by molar-refractivity contribution is -0.110. The standard InChI is InChI=1S/C20H19Cl2N5O3/c21-13-5-6-17(23-12-13)25-18(28)16-11-20(30-26-16)7-9-27(10-8-20)19(29)24-15-4-2-1-3-14(15)22/h1-6,12H,7-11H2,(H,24,29)(H,23,25,28). The van der Waals surface area contributed by atoms with Gasteiger partial charge in [-0.25, -0.2) is 9.78 Å². The molecule has 8 nitrogen and oxygen atoms in total. The van der Waals surface area contributed by atoms with Crippen LogP contribution in [0.1, 0.15) is 19.3 Å². The molecule has 0 radical (unpaired) electrons. The number of urea groups is 1. The van der Waals surface area contributed by atoms with Crippen LogP contribution < -0.4 is 10.6 Å². The van der Waals surface area contributed by atoms with Crippen molar-refractivity contribution in [3.63, 3.8) is 0 Å². The number of hydrogen-bond donors (Lipinski definition) is 2. The molecule has 3 amide bonds. The van der Waals surface area contributed by atoms with E-state index in [0.717, 1.165) is 0 Å². The number of likely N-dealkylation sites (tertiary alicyclic amines) is 1. The molecule has 10 heteroatoms. The van der Waals surface area contributed by atoms with Crippen LogP contribution in [0.15, 0.2) is 47.8 Å². The van der Waals surface area contributed by atoms with Gasteiger partial charge in [0, 0.05) is 38.5 Å². The van der Waals surface area contributed by atoms with E-state index in [1.165, 1.54) is 6.20 Å². The Bertz CT molecular complexity index is 988. The molecule has 2 aliphatic rings. The van der Waals surface area contributed by atoms with E-state index >= 15 is 0 Å². The fourth-order valence-electron chi connectivity index (χ4n) is 3.42. The Labute approximate surface area is 183 Å². The number of aromatic nitrogens is 1. The number of hydrogen-bond acceptors (Lipinski definition) is 5. The summed E-state index contributed by atoms with van der Waals surface area (Å²) in [6.07, 6.45) is 2.98. The highest BCUT2D eigenvalue weighted by Gasteiger charge is 2.44. The summed E-state index contributed by atoms with van der Waals surface area (Å²) in [5.41, 5.74) is 0.307. The van der Waals surface area contributed by atoms with Crippen molar-refractivity contribution in [2.75, 3.05) is 23.7 Å². The van der Waals surface area contributed by atoms with Crippen LogP contribution in [0.4, 0.5) is 16.3 Å². The maximum atomic E-state index is 12.5. The second-order valence-electron chi connectivity index (χ2n) is 7.20. The van der Waals surface area contributed by atoms with Crippen molar-refractivity contribution in [3.8, 4) is 0 Å². The zero-order valence-corrected chi connectivity index (χ0v) is 17.4. The maximum absolute atomic E-state index is 12.5. The van der Waals surface area contributed by atoms with Gasteiger partial charge in [0.1, 0.15) is 17.1 Å². The summed E-state index contributed by atoms with van der Waals surface area (Å²) >= 11 is 11.9. The molecule has 1 fully saturated rings. The van der Waals surface area contributed by atoms with E-state index < -0.39 is 5.60 Å². The van der Waals surface area contributed by atoms with Gasteiger partial charge in [-0.2, -0.15) is 0 Å². The summed E-state index contributed by atoms with van der Waals surface area (Å²) in [6, 6.07) is 10.1. The number of carbonyl (C=O) groups excluding carboxylic acids is 2. The number of piperidine rings is 1. The molecule has 0 atom stereocenters. The first-order valence-electron chi connectivity index (χ1n) is 9.43. The van der Waals surface area contributed by atoms with Crippen LogP contribution in [0.3, 0.4) is 0 Å². The van der Waals surface area contributed by atoms with Crippen molar-refractivity contribution in [1.29, 1.82) is 0 Å². The number of halogens is 2. The molecule has 0 aliphatic carbocycles. The van der Waals surface area contributed by atoms with Gasteiger partial charge in [0.2, 0.25) is 0 Å². The minimum Gasteiger partial charge on any atom is -0.388 e. The quantitative estimate of drug-likeness (QED) is 0.737. The molecule has 4 rings (SSSR count). The Morgan fingerprint density at radius 1 is 1.07 bits per heavy atom. The normalized spacial score (nSPS) is 17.3. The maximum Gasteiger partial charge on any atom is 0.321 e. The molecule has 0 bridgehead atoms. The molecule has 0 saturated carbocycles. The highest BCUT2D eigenvalue weighted by atomic mass is 35.5. The minimum absolute atomic E-state index is 0.219. The van der Waals surface area contributed by atoms with Gasteiger partial charge in [0.15, 0.2) is 0 Å². The summed E-state index contributed by atoms with van der Waals surface area (Å²) in [6.45, 7) is 0.971. The molecule has 0 unspecified atom stereocenters. The fourth-order valence-corrected chi connectivity index (χ4v) is 3.72. The molecule has 1 spiro atoms. The van der Waals surface area contributed by atoms with Gasteiger partial charge in [-0.1, -0.05) is 40.5 Å². The van der Waals surface area contributed by atoms with Crippen LogP contribution in [0.2, 0.25) is 10.0 Å². The third kappa shape index (κ3) is 4.49. The molecular weight excluding hydrogens is 429 g/mol. The van der Waals surface area contributed by atoms with Gasteiger partial charge in [-0.15, -0.1) is 0 Å². The molecule has 1 aromatic carbocycles. The Balaban J connectivity index is 1.30. The molecule has 1 aromatic heterocycles. The average molecular weight is 448 g/mol. The molecule has 1 saturated heterocycles. The molecule has 156 valence electrons. The van der Waals surface area contributed by atoms with Gasteiger partial charge in [0.25, 0.3) is 5.91 Å². The minimum atomic E-state index is -0.568. The number of benzene rings is 1. The zero-order chi connectivity index (χ0) is 21.1. The largest absolute Gasteiger partial charge is 0.388 e. The van der Waals surface area contributed by atoms with Crippen molar-refractivity contribution in [3.05, 3.63) is 52.6 Å². The number of amides is 3. The lowest BCUT2D eigenvalue weighted by atomic mass is 9.87. The van der Waals surface area contributed by atoms with E-state index in [4.69, 9.17) is 28.0 Å². The van der Waals surface area contributed by atoms with E-state index in [2.05, 4.69) is 20.8 Å². The summed E-state index contributed by atoms with van der Waals surface area (Å²) in [7, 11) is 0. The van der Waals surface area contributed by atoms with Gasteiger partial charge < -0.3 is 20.4 Å². The third-order valence-corrected chi connectivity index (χ3v) is 5.70. The smallest absolute Gasteiger partial charge is 0.321 e. The summed E-state index contributed by atoms with van der Waals surface area (Å²) < 4.78 is 0. The SMILES string of the molecule is O=C(Nc1ccc(Cl)cn1)C1=NOC2(CCN(C(=O)Nc3ccccc3Cl)CC2)C1. The predicted molar refractivity (Wildman–Crippen MR) is 115 cm³/mol. The Morgan fingerprint density at radius 3 is 2.53 bits per heavy atom. The third-order valence-electron chi connectivity index (χ3n) is 5.15. The lowest BCUT2D eigenvalue weighted by Crippen LogP contribution is -2.48. The van der Waals surface area contributed by atoms with Crippen LogP contribution >= 0.6 is 23.2 Å². The number of nitrogens with one attached hydrogen (secondary N) is 2. The van der Waals surface area contributed by atoms with Crippen LogP contribution in [0.25, 0.3) is 0 Å². The van der Waals surface area contributed by atoms with Crippen LogP contribution in [-0.2, 0) is 9.63 Å². The van der Waals surface area contributed by atoms with Gasteiger partial charge in [-0.3, -0.25) is 4.79 Å². The number of rotatable bonds is 3. The van der Waals surface area contributed by atoms with Crippen molar-refractivity contribution < 1.29 is 14.4 Å². The highest BCUT2D eigenvalue weighted by Crippen LogP contribution is 2.35. The van der Waals surface area contributed by atoms with Crippen LogP contribution in [0, 0.1) is 0 Å². The average Bonchev–Trinajstić information content (AvgIpc) is 3.15. The van der Waals surface area contributed by atoms with Crippen molar-refractivity contribution in [2.24, 2.45) is 5.16 Å². The van der Waals surface area contributed by atoms with Gasteiger partial charge in [0.05, 0.1) is 15.7 Å². The fraction of sp³-hybridized carbons (Fsp3) is 0.300. The number of oxime groups is 1. The Hall–Kier alpha value is -2.84. The number of pyridine rings is 1. The lowest BCUT2D eigenvalue weighted by Gasteiger charge is -2.37. The van der Waals surface area contributed by atoms with Crippen LogP contribution in [-0.4, -0.2) is 46.2 Å². The molecule has 2 aromatic rings. The van der Waals surface area contributed by atoms with Gasteiger partial charge >= 0.3 is 6.03 Å². The van der Waals surface area contributed by atoms with E-state index in [1.807, 2.05) is 6.07 Å². The topological polar surface area (TPSA) is 95.9 Å². The van der Waals surface area contributed by atoms with Crippen molar-refractivity contribution >= 4 is 52.4 Å². The molecule has 30 heavy (non-hydrogen) atoms. The second-order valence-corrected chi connectivity index (χ2v) is 8.05. The Kier molecular flexibility index (Phi) is 5.78. The van der Waals surface area contributed by atoms with E-state index in [1.54, 1.807) is 35.2 Å². The summed E-state index contributed by atoms with van der Waals surface area (Å²) in [5.74, 6) is 0.0275. The van der Waals surface area contributed by atoms with E-state index in [0.29, 0.717) is 59.6 Å². The Morgan fingerprint density at radius 2 is 1.83 bits per heavy atom. The molecule has 2 aliphatic heterocycles. The van der Waals surface area contributed by atoms with Crippen molar-refractivity contribution in [1.82, 2.24) is 9.88 Å². The molecule has 2 N–H and O–H groups in total. The first-order valence-corrected chi connectivity index (χ1v) is 10.2. The molecule has 3 heterocycles. The second kappa shape index (κ2) is 8.49. The van der Waals surface area contributed by atoms with Crippen molar-refractivity contribution in [2.45, 2.75) is 24.9 Å². The predicted octanol–water partition coefficient (Wildman–Crippen LogP) is 4.17. The first kappa shape index (κ1) is 20.4. The monoisotopic (exact) mass is 447 g/mol. The zero-order valence-electron chi connectivity index (χ0n) is 15.9. The number of para-hydroxylation sites is 1. The van der Waals surface area contributed by atoms with E-state index in [9.17, 15) is 9.59 Å². The van der Waals surface area contributed by atoms with Crippen LogP contribution in [0.5, 0.6) is 0 Å².